The van der Waals surface area contributed by atoms with Crippen LogP contribution < -0.4 is 4.74 Å². The van der Waals surface area contributed by atoms with E-state index in [0.29, 0.717) is 16.7 Å². The highest BCUT2D eigenvalue weighted by molar-refractivity contribution is 5.77. The molecule has 1 aromatic rings. The molecule has 21 heavy (non-hydrogen) atoms. The van der Waals surface area contributed by atoms with Crippen LogP contribution in [0.4, 0.5) is 0 Å². The van der Waals surface area contributed by atoms with E-state index in [0.717, 1.165) is 32.4 Å². The van der Waals surface area contributed by atoms with Crippen LogP contribution in [0, 0.1) is 16.7 Å². The summed E-state index contributed by atoms with van der Waals surface area (Å²) in [5.74, 6) is 0.476. The first-order valence-electron chi connectivity index (χ1n) is 7.41. The summed E-state index contributed by atoms with van der Waals surface area (Å²) in [4.78, 5) is 14.1. The van der Waals surface area contributed by atoms with Gasteiger partial charge in [0.25, 0.3) is 5.91 Å². The molecule has 1 heterocycles. The molecule has 0 unspecified atom stereocenters. The maximum atomic E-state index is 12.3. The first-order chi connectivity index (χ1) is 10.0. The van der Waals surface area contributed by atoms with Gasteiger partial charge in [-0.3, -0.25) is 4.79 Å². The molecule has 1 saturated heterocycles. The lowest BCUT2D eigenvalue weighted by molar-refractivity contribution is -0.133. The molecule has 4 nitrogen and oxygen atoms in total. The van der Waals surface area contributed by atoms with Crippen LogP contribution in [0.1, 0.15) is 38.7 Å². The van der Waals surface area contributed by atoms with E-state index >= 15 is 0 Å². The first kappa shape index (κ1) is 15.4. The van der Waals surface area contributed by atoms with Gasteiger partial charge < -0.3 is 9.64 Å². The number of carbonyl (C=O) groups is 1. The maximum absolute atomic E-state index is 12.3. The molecule has 1 amide bonds. The number of hydrogen-bond acceptors (Lipinski definition) is 3. The lowest BCUT2D eigenvalue weighted by Gasteiger charge is -2.23. The molecule has 112 valence electrons. The van der Waals surface area contributed by atoms with Crippen molar-refractivity contribution >= 4 is 5.91 Å². The monoisotopic (exact) mass is 286 g/mol. The Kier molecular flexibility index (Phi) is 4.85. The van der Waals surface area contributed by atoms with Crippen molar-refractivity contribution < 1.29 is 9.53 Å². The Morgan fingerprint density at radius 1 is 1.33 bits per heavy atom. The second-order valence-electron chi connectivity index (χ2n) is 6.30. The zero-order valence-electron chi connectivity index (χ0n) is 12.8. The third-order valence-corrected chi connectivity index (χ3v) is 4.05. The fourth-order valence-corrected chi connectivity index (χ4v) is 2.59. The topological polar surface area (TPSA) is 53.3 Å². The number of carbonyl (C=O) groups excluding carboxylic acids is 1. The highest BCUT2D eigenvalue weighted by Crippen LogP contribution is 2.29. The summed E-state index contributed by atoms with van der Waals surface area (Å²) < 4.78 is 5.52. The Labute approximate surface area is 126 Å². The van der Waals surface area contributed by atoms with Crippen LogP contribution in [-0.2, 0) is 4.79 Å². The van der Waals surface area contributed by atoms with Crippen molar-refractivity contribution in [3.05, 3.63) is 29.8 Å². The molecule has 0 atom stereocenters. The molecule has 1 aliphatic rings. The number of rotatable bonds is 3. The normalized spacial score (nSPS) is 17.7. The van der Waals surface area contributed by atoms with E-state index in [1.165, 1.54) is 0 Å². The summed E-state index contributed by atoms with van der Waals surface area (Å²) >= 11 is 0. The van der Waals surface area contributed by atoms with E-state index in [2.05, 4.69) is 19.9 Å². The predicted octanol–water partition coefficient (Wildman–Crippen LogP) is 2.98. The molecule has 0 N–H and O–H groups in total. The number of likely N-dealkylation sites (tertiary alicyclic amines) is 1. The van der Waals surface area contributed by atoms with Crippen LogP contribution in [0.5, 0.6) is 5.75 Å². The summed E-state index contributed by atoms with van der Waals surface area (Å²) in [5, 5.41) is 9.00. The Morgan fingerprint density at radius 2 is 2.10 bits per heavy atom. The number of para-hydroxylation sites is 1. The molecular weight excluding hydrogens is 264 g/mol. The van der Waals surface area contributed by atoms with E-state index in [1.807, 2.05) is 4.90 Å². The van der Waals surface area contributed by atoms with Crippen LogP contribution in [0.15, 0.2) is 24.3 Å². The zero-order chi connectivity index (χ0) is 15.3. The fourth-order valence-electron chi connectivity index (χ4n) is 2.59. The summed E-state index contributed by atoms with van der Waals surface area (Å²) in [6, 6.07) is 9.06. The molecule has 1 aliphatic heterocycles. The van der Waals surface area contributed by atoms with Gasteiger partial charge in [-0.2, -0.15) is 5.26 Å². The Morgan fingerprint density at radius 3 is 2.86 bits per heavy atom. The molecule has 0 radical (unpaired) electrons. The minimum absolute atomic E-state index is 0.000410. The van der Waals surface area contributed by atoms with Crippen molar-refractivity contribution in [2.75, 3.05) is 19.7 Å². The van der Waals surface area contributed by atoms with E-state index < -0.39 is 0 Å². The van der Waals surface area contributed by atoms with Gasteiger partial charge in [0, 0.05) is 13.1 Å². The number of amides is 1. The molecule has 0 aromatic heterocycles. The van der Waals surface area contributed by atoms with E-state index in [-0.39, 0.29) is 12.5 Å². The summed E-state index contributed by atoms with van der Waals surface area (Å²) in [7, 11) is 0. The summed E-state index contributed by atoms with van der Waals surface area (Å²) in [6.07, 6.45) is 3.20. The Hall–Kier alpha value is -2.02. The van der Waals surface area contributed by atoms with Crippen molar-refractivity contribution in [1.82, 2.24) is 4.90 Å². The van der Waals surface area contributed by atoms with Crippen molar-refractivity contribution in [2.45, 2.75) is 33.1 Å². The molecule has 0 saturated carbocycles. The number of benzene rings is 1. The molecule has 4 heteroatoms. The van der Waals surface area contributed by atoms with Gasteiger partial charge in [-0.25, -0.2) is 0 Å². The van der Waals surface area contributed by atoms with Crippen molar-refractivity contribution in [3.8, 4) is 11.8 Å². The maximum Gasteiger partial charge on any atom is 0.260 e. The molecule has 2 rings (SSSR count). The van der Waals surface area contributed by atoms with Gasteiger partial charge in [0.2, 0.25) is 0 Å². The quantitative estimate of drug-likeness (QED) is 0.858. The zero-order valence-corrected chi connectivity index (χ0v) is 12.8. The van der Waals surface area contributed by atoms with Crippen molar-refractivity contribution in [3.63, 3.8) is 0 Å². The lowest BCUT2D eigenvalue weighted by Crippen LogP contribution is -2.36. The third kappa shape index (κ3) is 4.22. The second kappa shape index (κ2) is 6.62. The van der Waals surface area contributed by atoms with Crippen LogP contribution in [0.2, 0.25) is 0 Å². The number of ether oxygens (including phenoxy) is 1. The molecule has 0 bridgehead atoms. The van der Waals surface area contributed by atoms with Crippen LogP contribution in [0.3, 0.4) is 0 Å². The smallest absolute Gasteiger partial charge is 0.260 e. The minimum atomic E-state index is -0.000871. The highest BCUT2D eigenvalue weighted by atomic mass is 16.5. The average Bonchev–Trinajstić information content (AvgIpc) is 2.66. The molecule has 1 fully saturated rings. The largest absolute Gasteiger partial charge is 0.482 e. The molecule has 1 aromatic carbocycles. The lowest BCUT2D eigenvalue weighted by atomic mass is 9.85. The van der Waals surface area contributed by atoms with Gasteiger partial charge in [-0.15, -0.1) is 0 Å². The Balaban J connectivity index is 1.91. The van der Waals surface area contributed by atoms with Gasteiger partial charge in [0.1, 0.15) is 11.8 Å². The van der Waals surface area contributed by atoms with Crippen molar-refractivity contribution in [2.24, 2.45) is 5.41 Å². The molecular formula is C17H22N2O2. The van der Waals surface area contributed by atoms with E-state index in [1.54, 1.807) is 24.3 Å². The number of hydrogen-bond donors (Lipinski definition) is 0. The SMILES string of the molecule is CC1(C)CCCN(C(=O)COc2ccccc2C#N)CC1. The fraction of sp³-hybridized carbons (Fsp3) is 0.529. The van der Waals surface area contributed by atoms with Crippen LogP contribution >= 0.6 is 0 Å². The van der Waals surface area contributed by atoms with Gasteiger partial charge >= 0.3 is 0 Å². The summed E-state index contributed by atoms with van der Waals surface area (Å²) in [5.41, 5.74) is 0.769. The number of nitrogens with zero attached hydrogens (tertiary/aromatic N) is 2. The first-order valence-corrected chi connectivity index (χ1v) is 7.41. The minimum Gasteiger partial charge on any atom is -0.482 e. The highest BCUT2D eigenvalue weighted by Gasteiger charge is 2.25. The standard InChI is InChI=1S/C17H22N2O2/c1-17(2)8-5-10-19(11-9-17)16(20)13-21-15-7-4-3-6-14(15)12-18/h3-4,6-7H,5,8-11,13H2,1-2H3. The number of nitriles is 1. The summed E-state index contributed by atoms with van der Waals surface area (Å²) in [6.45, 7) is 6.08. The van der Waals surface area contributed by atoms with E-state index in [9.17, 15) is 4.79 Å². The van der Waals surface area contributed by atoms with Gasteiger partial charge in [-0.05, 0) is 36.8 Å². The van der Waals surface area contributed by atoms with Crippen LogP contribution in [0.25, 0.3) is 0 Å². The van der Waals surface area contributed by atoms with Crippen LogP contribution in [-0.4, -0.2) is 30.5 Å². The third-order valence-electron chi connectivity index (χ3n) is 4.05. The average molecular weight is 286 g/mol. The van der Waals surface area contributed by atoms with E-state index in [4.69, 9.17) is 10.00 Å². The molecule has 0 aliphatic carbocycles. The van der Waals surface area contributed by atoms with Gasteiger partial charge in [0.15, 0.2) is 6.61 Å². The second-order valence-corrected chi connectivity index (χ2v) is 6.30. The molecule has 0 spiro atoms. The predicted molar refractivity (Wildman–Crippen MR) is 80.9 cm³/mol. The van der Waals surface area contributed by atoms with Gasteiger partial charge in [-0.1, -0.05) is 26.0 Å². The van der Waals surface area contributed by atoms with Gasteiger partial charge in [0.05, 0.1) is 5.56 Å². The Bertz CT molecular complexity index is 546. The van der Waals surface area contributed by atoms with Crippen molar-refractivity contribution in [1.29, 1.82) is 5.26 Å².